The molecule has 0 aliphatic carbocycles. The highest BCUT2D eigenvalue weighted by atomic mass is 35.5. The molecular weight excluding hydrogens is 590 g/mol. The number of nitrogens with one attached hydrogen (secondary N) is 1. The number of carbonyl (C=O) groups is 1. The van der Waals surface area contributed by atoms with Gasteiger partial charge in [-0.15, -0.1) is 5.10 Å². The second-order valence-corrected chi connectivity index (χ2v) is 11.3. The standard InChI is InChI=1S/C35H34ClN5O4/c1-43-33-19-25-16-18-40(21-26(25)20-34(33)44-2)17-15-24-7-13-30(14-8-24)41-22-29(38-39-41)23-45-32-6-4-3-5-31(32)35(42)37-28-11-9-27(36)10-12-28/h3-14,19-20,22H,15-18,21,23H2,1-2H3,(H,37,42). The van der Waals surface area contributed by atoms with Gasteiger partial charge < -0.3 is 19.5 Å². The molecule has 6 rings (SSSR count). The SMILES string of the molecule is COc1cc2c(cc1OC)CN(CCc1ccc(-n3cc(COc4ccccc4C(=O)Nc4ccc(Cl)cc4)nn3)cc1)CC2. The summed E-state index contributed by atoms with van der Waals surface area (Å²) in [7, 11) is 3.35. The lowest BCUT2D eigenvalue weighted by molar-refractivity contribution is 0.102. The van der Waals surface area contributed by atoms with E-state index in [-0.39, 0.29) is 12.5 Å². The van der Waals surface area contributed by atoms with E-state index in [9.17, 15) is 4.79 Å². The largest absolute Gasteiger partial charge is 0.493 e. The molecule has 2 heterocycles. The summed E-state index contributed by atoms with van der Waals surface area (Å²) in [6, 6.07) is 26.6. The quantitative estimate of drug-likeness (QED) is 0.183. The summed E-state index contributed by atoms with van der Waals surface area (Å²) >= 11 is 5.95. The molecule has 0 fully saturated rings. The fourth-order valence-corrected chi connectivity index (χ4v) is 5.52. The van der Waals surface area contributed by atoms with E-state index in [4.69, 9.17) is 25.8 Å². The Bertz CT molecular complexity index is 1770. The van der Waals surface area contributed by atoms with Gasteiger partial charge in [-0.1, -0.05) is 41.1 Å². The van der Waals surface area contributed by atoms with Gasteiger partial charge >= 0.3 is 0 Å². The van der Waals surface area contributed by atoms with Crippen molar-refractivity contribution in [2.24, 2.45) is 0 Å². The molecule has 0 bridgehead atoms. The average molecular weight is 624 g/mol. The van der Waals surface area contributed by atoms with Crippen LogP contribution in [0.1, 0.15) is 32.7 Å². The Kier molecular flexibility index (Phi) is 9.28. The first-order valence-electron chi connectivity index (χ1n) is 14.7. The summed E-state index contributed by atoms with van der Waals surface area (Å²) in [4.78, 5) is 15.4. The Hall–Kier alpha value is -4.86. The number of nitrogens with zero attached hydrogens (tertiary/aromatic N) is 4. The number of fused-ring (bicyclic) bond motifs is 1. The van der Waals surface area contributed by atoms with Crippen LogP contribution in [0.3, 0.4) is 0 Å². The lowest BCUT2D eigenvalue weighted by atomic mass is 9.98. The highest BCUT2D eigenvalue weighted by molar-refractivity contribution is 6.30. The molecule has 1 aliphatic heterocycles. The summed E-state index contributed by atoms with van der Waals surface area (Å²) in [6.07, 6.45) is 3.78. The second kappa shape index (κ2) is 13.8. The summed E-state index contributed by atoms with van der Waals surface area (Å²) < 4.78 is 18.7. The van der Waals surface area contributed by atoms with Crippen molar-refractivity contribution in [1.82, 2.24) is 19.9 Å². The fraction of sp³-hybridized carbons (Fsp3) is 0.229. The Balaban J connectivity index is 1.02. The monoisotopic (exact) mass is 623 g/mol. The van der Waals surface area contributed by atoms with Crippen LogP contribution in [0.15, 0.2) is 91.1 Å². The van der Waals surface area contributed by atoms with Crippen molar-refractivity contribution in [3.8, 4) is 22.9 Å². The van der Waals surface area contributed by atoms with Crippen molar-refractivity contribution in [1.29, 1.82) is 0 Å². The van der Waals surface area contributed by atoms with E-state index in [1.165, 1.54) is 16.7 Å². The van der Waals surface area contributed by atoms with Gasteiger partial charge in [0.05, 0.1) is 31.7 Å². The van der Waals surface area contributed by atoms with Crippen LogP contribution in [0.25, 0.3) is 5.69 Å². The Morgan fingerprint density at radius 2 is 1.64 bits per heavy atom. The molecule has 230 valence electrons. The lowest BCUT2D eigenvalue weighted by Crippen LogP contribution is -2.32. The molecule has 45 heavy (non-hydrogen) atoms. The molecule has 10 heteroatoms. The van der Waals surface area contributed by atoms with Crippen LogP contribution < -0.4 is 19.5 Å². The minimum Gasteiger partial charge on any atom is -0.493 e. The van der Waals surface area contributed by atoms with E-state index in [2.05, 4.69) is 44.8 Å². The van der Waals surface area contributed by atoms with Gasteiger partial charge in [-0.25, -0.2) is 4.68 Å². The van der Waals surface area contributed by atoms with E-state index < -0.39 is 0 Å². The summed E-state index contributed by atoms with van der Waals surface area (Å²) in [5, 5.41) is 12.0. The minimum absolute atomic E-state index is 0.168. The molecule has 4 aromatic carbocycles. The van der Waals surface area contributed by atoms with Crippen LogP contribution in [0, 0.1) is 0 Å². The number of halogens is 1. The van der Waals surface area contributed by atoms with E-state index in [1.807, 2.05) is 24.4 Å². The van der Waals surface area contributed by atoms with Gasteiger partial charge in [-0.3, -0.25) is 9.69 Å². The van der Waals surface area contributed by atoms with Crippen LogP contribution >= 0.6 is 11.6 Å². The van der Waals surface area contributed by atoms with Gasteiger partial charge in [-0.05, 0) is 90.2 Å². The van der Waals surface area contributed by atoms with Crippen molar-refractivity contribution in [2.75, 3.05) is 32.6 Å². The zero-order chi connectivity index (χ0) is 31.2. The molecule has 0 spiro atoms. The first kappa shape index (κ1) is 30.2. The third-order valence-corrected chi connectivity index (χ3v) is 8.12. The predicted octanol–water partition coefficient (Wildman–Crippen LogP) is 6.37. The van der Waals surface area contributed by atoms with Gasteiger partial charge in [0.15, 0.2) is 11.5 Å². The van der Waals surface area contributed by atoms with Gasteiger partial charge in [0.25, 0.3) is 5.91 Å². The molecular formula is C35H34ClN5O4. The van der Waals surface area contributed by atoms with Crippen LogP contribution in [-0.4, -0.2) is 53.1 Å². The summed E-state index contributed by atoms with van der Waals surface area (Å²) in [6.45, 7) is 3.05. The van der Waals surface area contributed by atoms with Crippen LogP contribution in [0.2, 0.25) is 5.02 Å². The smallest absolute Gasteiger partial charge is 0.259 e. The first-order valence-corrected chi connectivity index (χ1v) is 15.1. The predicted molar refractivity (Wildman–Crippen MR) is 174 cm³/mol. The molecule has 0 saturated heterocycles. The van der Waals surface area contributed by atoms with E-state index in [1.54, 1.807) is 61.4 Å². The maximum absolute atomic E-state index is 12.9. The van der Waals surface area contributed by atoms with Gasteiger partial charge in [0.1, 0.15) is 18.1 Å². The number of aromatic nitrogens is 3. The Morgan fingerprint density at radius 1 is 0.911 bits per heavy atom. The van der Waals surface area contributed by atoms with Crippen LogP contribution in [0.5, 0.6) is 17.2 Å². The molecule has 0 saturated carbocycles. The van der Waals surface area contributed by atoms with Crippen molar-refractivity contribution in [3.63, 3.8) is 0 Å². The number of methoxy groups -OCH3 is 2. The normalized spacial score (nSPS) is 12.8. The van der Waals surface area contributed by atoms with Gasteiger partial charge in [-0.2, -0.15) is 0 Å². The third-order valence-electron chi connectivity index (χ3n) is 7.86. The molecule has 0 atom stereocenters. The van der Waals surface area contributed by atoms with Crippen molar-refractivity contribution in [3.05, 3.63) is 124 Å². The summed E-state index contributed by atoms with van der Waals surface area (Å²) in [5.74, 6) is 1.75. The second-order valence-electron chi connectivity index (χ2n) is 10.8. The number of anilines is 1. The molecule has 1 N–H and O–H groups in total. The van der Waals surface area contributed by atoms with E-state index >= 15 is 0 Å². The molecule has 1 aromatic heterocycles. The minimum atomic E-state index is -0.275. The number of hydrogen-bond acceptors (Lipinski definition) is 7. The molecule has 1 aliphatic rings. The van der Waals surface area contributed by atoms with Gasteiger partial charge in [0.2, 0.25) is 0 Å². The molecule has 9 nitrogen and oxygen atoms in total. The number of ether oxygens (including phenoxy) is 3. The topological polar surface area (TPSA) is 90.7 Å². The summed E-state index contributed by atoms with van der Waals surface area (Å²) in [5.41, 5.74) is 6.51. The van der Waals surface area contributed by atoms with Crippen molar-refractivity contribution in [2.45, 2.75) is 26.0 Å². The van der Waals surface area contributed by atoms with E-state index in [0.29, 0.717) is 27.7 Å². The zero-order valence-electron chi connectivity index (χ0n) is 25.2. The molecule has 1 amide bonds. The average Bonchev–Trinajstić information content (AvgIpc) is 3.56. The maximum Gasteiger partial charge on any atom is 0.259 e. The number of carbonyl (C=O) groups excluding carboxylic acids is 1. The highest BCUT2D eigenvalue weighted by Gasteiger charge is 2.19. The third kappa shape index (κ3) is 7.28. The molecule has 0 unspecified atom stereocenters. The fourth-order valence-electron chi connectivity index (χ4n) is 5.39. The molecule has 5 aromatic rings. The Labute approximate surface area is 267 Å². The zero-order valence-corrected chi connectivity index (χ0v) is 26.0. The van der Waals surface area contributed by atoms with Crippen LogP contribution in [0.4, 0.5) is 5.69 Å². The highest BCUT2D eigenvalue weighted by Crippen LogP contribution is 2.33. The van der Waals surface area contributed by atoms with Gasteiger partial charge in [0, 0.05) is 30.3 Å². The number of hydrogen-bond donors (Lipinski definition) is 1. The molecule has 0 radical (unpaired) electrons. The number of amides is 1. The lowest BCUT2D eigenvalue weighted by Gasteiger charge is -2.29. The van der Waals surface area contributed by atoms with E-state index in [0.717, 1.165) is 49.7 Å². The first-order chi connectivity index (χ1) is 22.0. The van der Waals surface area contributed by atoms with Crippen molar-refractivity contribution < 1.29 is 19.0 Å². The van der Waals surface area contributed by atoms with Crippen LogP contribution in [-0.2, 0) is 26.0 Å². The Morgan fingerprint density at radius 3 is 2.40 bits per heavy atom. The number of para-hydroxylation sites is 1. The number of benzene rings is 4. The maximum atomic E-state index is 12.9. The number of rotatable bonds is 11. The van der Waals surface area contributed by atoms with Crippen molar-refractivity contribution >= 4 is 23.2 Å².